The molecule has 0 unspecified atom stereocenters. The van der Waals surface area contributed by atoms with Gasteiger partial charge in [-0.3, -0.25) is 9.67 Å². The van der Waals surface area contributed by atoms with E-state index in [4.69, 9.17) is 16.3 Å². The molecule has 0 amide bonds. The molecule has 0 spiro atoms. The summed E-state index contributed by atoms with van der Waals surface area (Å²) in [4.78, 5) is 16.7. The lowest BCUT2D eigenvalue weighted by atomic mass is 10.2. The first-order valence-electron chi connectivity index (χ1n) is 8.65. The van der Waals surface area contributed by atoms with Crippen molar-refractivity contribution < 1.29 is 4.74 Å². The summed E-state index contributed by atoms with van der Waals surface area (Å²) in [5, 5.41) is 4.59. The van der Waals surface area contributed by atoms with Gasteiger partial charge in [-0.15, -0.1) is 0 Å². The lowest BCUT2D eigenvalue weighted by molar-refractivity contribution is 0.484. The van der Waals surface area contributed by atoms with Crippen LogP contribution in [0.3, 0.4) is 0 Å². The fourth-order valence-corrected chi connectivity index (χ4v) is 3.35. The molecule has 0 aliphatic carbocycles. The SMILES string of the molecule is Cc1nc2ccc(Oc3ccc4ncc(-c5cnn(C)c5)nc4c3Cl)cc2[nH]1. The predicted molar refractivity (Wildman–Crippen MR) is 108 cm³/mol. The second-order valence-electron chi connectivity index (χ2n) is 6.51. The number of hydrogen-bond donors (Lipinski definition) is 1. The third-order valence-electron chi connectivity index (χ3n) is 4.42. The molecular weight excluding hydrogens is 376 g/mol. The quantitative estimate of drug-likeness (QED) is 0.484. The first kappa shape index (κ1) is 16.7. The van der Waals surface area contributed by atoms with Gasteiger partial charge < -0.3 is 9.72 Å². The molecule has 0 aliphatic heterocycles. The van der Waals surface area contributed by atoms with Crippen molar-refractivity contribution in [3.63, 3.8) is 0 Å². The predicted octanol–water partition coefficient (Wildman–Crippen LogP) is 4.66. The standard InChI is InChI=1S/C20H15ClN6O/c1-11-24-14-4-3-13(7-16(14)25-11)28-18-6-5-15-20(19(18)21)26-17(9-22-15)12-8-23-27(2)10-12/h3-10H,1-2H3,(H,24,25). The Morgan fingerprint density at radius 1 is 1.07 bits per heavy atom. The molecule has 28 heavy (non-hydrogen) atoms. The zero-order chi connectivity index (χ0) is 19.3. The zero-order valence-electron chi connectivity index (χ0n) is 15.1. The number of halogens is 1. The molecule has 3 aromatic heterocycles. The summed E-state index contributed by atoms with van der Waals surface area (Å²) in [6.07, 6.45) is 5.34. The highest BCUT2D eigenvalue weighted by Gasteiger charge is 2.13. The molecule has 0 radical (unpaired) electrons. The molecule has 5 aromatic rings. The molecule has 0 fully saturated rings. The summed E-state index contributed by atoms with van der Waals surface area (Å²) in [5.41, 5.74) is 4.66. The van der Waals surface area contributed by atoms with E-state index in [1.165, 1.54) is 0 Å². The van der Waals surface area contributed by atoms with E-state index < -0.39 is 0 Å². The summed E-state index contributed by atoms with van der Waals surface area (Å²) in [6, 6.07) is 9.30. The van der Waals surface area contributed by atoms with Gasteiger partial charge in [-0.2, -0.15) is 5.10 Å². The lowest BCUT2D eigenvalue weighted by Crippen LogP contribution is -1.92. The largest absolute Gasteiger partial charge is 0.456 e. The van der Waals surface area contributed by atoms with Crippen LogP contribution in [0.1, 0.15) is 5.82 Å². The van der Waals surface area contributed by atoms with Gasteiger partial charge in [-0.1, -0.05) is 11.6 Å². The number of benzene rings is 2. The average Bonchev–Trinajstić information content (AvgIpc) is 3.28. The zero-order valence-corrected chi connectivity index (χ0v) is 15.9. The average molecular weight is 391 g/mol. The van der Waals surface area contributed by atoms with E-state index in [0.29, 0.717) is 33.2 Å². The molecule has 7 nitrogen and oxygen atoms in total. The van der Waals surface area contributed by atoms with Gasteiger partial charge in [-0.05, 0) is 31.2 Å². The van der Waals surface area contributed by atoms with Crippen molar-refractivity contribution >= 4 is 33.7 Å². The fourth-order valence-electron chi connectivity index (χ4n) is 3.10. The van der Waals surface area contributed by atoms with Crippen molar-refractivity contribution in [1.29, 1.82) is 0 Å². The van der Waals surface area contributed by atoms with Gasteiger partial charge in [0, 0.05) is 24.9 Å². The molecule has 3 heterocycles. The van der Waals surface area contributed by atoms with E-state index >= 15 is 0 Å². The molecule has 138 valence electrons. The highest BCUT2D eigenvalue weighted by Crippen LogP contribution is 2.35. The van der Waals surface area contributed by atoms with Gasteiger partial charge in [0.05, 0.1) is 34.6 Å². The molecule has 1 N–H and O–H groups in total. The first-order valence-corrected chi connectivity index (χ1v) is 9.03. The number of imidazole rings is 1. The third kappa shape index (κ3) is 2.86. The number of fused-ring (bicyclic) bond motifs is 2. The Balaban J connectivity index is 1.55. The Bertz CT molecular complexity index is 1340. The maximum Gasteiger partial charge on any atom is 0.148 e. The minimum absolute atomic E-state index is 0.414. The van der Waals surface area contributed by atoms with Crippen LogP contribution in [0.2, 0.25) is 5.02 Å². The Labute approximate surface area is 165 Å². The minimum atomic E-state index is 0.414. The smallest absolute Gasteiger partial charge is 0.148 e. The van der Waals surface area contributed by atoms with Crippen molar-refractivity contribution in [3.8, 4) is 22.8 Å². The van der Waals surface area contributed by atoms with Crippen LogP contribution >= 0.6 is 11.6 Å². The van der Waals surface area contributed by atoms with Crippen molar-refractivity contribution in [1.82, 2.24) is 29.7 Å². The molecule has 0 saturated heterocycles. The first-order chi connectivity index (χ1) is 13.6. The summed E-state index contributed by atoms with van der Waals surface area (Å²) in [7, 11) is 1.86. The van der Waals surface area contributed by atoms with Crippen molar-refractivity contribution in [2.24, 2.45) is 7.05 Å². The summed E-state index contributed by atoms with van der Waals surface area (Å²) < 4.78 is 7.74. The highest BCUT2D eigenvalue weighted by molar-refractivity contribution is 6.36. The van der Waals surface area contributed by atoms with Crippen LogP contribution in [-0.2, 0) is 7.05 Å². The lowest BCUT2D eigenvalue weighted by Gasteiger charge is -2.10. The maximum atomic E-state index is 6.61. The van der Waals surface area contributed by atoms with Gasteiger partial charge in [-0.25, -0.2) is 9.97 Å². The van der Waals surface area contributed by atoms with Crippen LogP contribution in [-0.4, -0.2) is 29.7 Å². The van der Waals surface area contributed by atoms with E-state index in [9.17, 15) is 0 Å². The topological polar surface area (TPSA) is 81.5 Å². The van der Waals surface area contributed by atoms with Crippen molar-refractivity contribution in [2.75, 3.05) is 0 Å². The van der Waals surface area contributed by atoms with E-state index in [2.05, 4.69) is 25.0 Å². The molecule has 0 saturated carbocycles. The molecular formula is C20H15ClN6O. The molecule has 0 aliphatic rings. The maximum absolute atomic E-state index is 6.61. The van der Waals surface area contributed by atoms with Crippen LogP contribution < -0.4 is 4.74 Å². The number of aryl methyl sites for hydroxylation is 2. The van der Waals surface area contributed by atoms with Crippen LogP contribution in [0.5, 0.6) is 11.5 Å². The second-order valence-corrected chi connectivity index (χ2v) is 6.88. The Morgan fingerprint density at radius 2 is 1.93 bits per heavy atom. The van der Waals surface area contributed by atoms with Gasteiger partial charge in [0.1, 0.15) is 27.9 Å². The number of ether oxygens (including phenoxy) is 1. The molecule has 5 rings (SSSR count). The highest BCUT2D eigenvalue weighted by atomic mass is 35.5. The van der Waals surface area contributed by atoms with Crippen LogP contribution in [0.4, 0.5) is 0 Å². The molecule has 2 aromatic carbocycles. The Hall–Kier alpha value is -3.45. The van der Waals surface area contributed by atoms with Crippen LogP contribution in [0.15, 0.2) is 48.9 Å². The molecule has 8 heteroatoms. The van der Waals surface area contributed by atoms with E-state index in [1.54, 1.807) is 23.1 Å². The van der Waals surface area contributed by atoms with Gasteiger partial charge in [0.2, 0.25) is 0 Å². The van der Waals surface area contributed by atoms with E-state index in [0.717, 1.165) is 22.4 Å². The number of H-pyrrole nitrogens is 1. The van der Waals surface area contributed by atoms with E-state index in [-0.39, 0.29) is 0 Å². The Kier molecular flexibility index (Phi) is 3.77. The Morgan fingerprint density at radius 3 is 2.75 bits per heavy atom. The fraction of sp³-hybridized carbons (Fsp3) is 0.100. The monoisotopic (exact) mass is 390 g/mol. The number of rotatable bonds is 3. The number of nitrogens with one attached hydrogen (secondary N) is 1. The summed E-state index contributed by atoms with van der Waals surface area (Å²) in [6.45, 7) is 1.92. The number of nitrogens with zero attached hydrogens (tertiary/aromatic N) is 5. The summed E-state index contributed by atoms with van der Waals surface area (Å²) in [5.74, 6) is 2.03. The normalized spacial score (nSPS) is 11.4. The second kappa shape index (κ2) is 6.31. The van der Waals surface area contributed by atoms with Crippen LogP contribution in [0.25, 0.3) is 33.3 Å². The third-order valence-corrected chi connectivity index (χ3v) is 4.78. The summed E-state index contributed by atoms with van der Waals surface area (Å²) >= 11 is 6.61. The van der Waals surface area contributed by atoms with Crippen LogP contribution in [0, 0.1) is 6.92 Å². The molecule has 0 bridgehead atoms. The van der Waals surface area contributed by atoms with Crippen molar-refractivity contribution in [2.45, 2.75) is 6.92 Å². The number of hydrogen-bond acceptors (Lipinski definition) is 5. The van der Waals surface area contributed by atoms with Gasteiger partial charge in [0.25, 0.3) is 0 Å². The molecule has 0 atom stereocenters. The number of aromatic nitrogens is 6. The number of aromatic amines is 1. The van der Waals surface area contributed by atoms with Crippen molar-refractivity contribution in [3.05, 3.63) is 59.8 Å². The van der Waals surface area contributed by atoms with Gasteiger partial charge in [0.15, 0.2) is 0 Å². The van der Waals surface area contributed by atoms with Gasteiger partial charge >= 0.3 is 0 Å². The minimum Gasteiger partial charge on any atom is -0.456 e. The van der Waals surface area contributed by atoms with E-state index in [1.807, 2.05) is 44.4 Å².